The molecule has 1 aromatic carbocycles. The Labute approximate surface area is 69.8 Å². The zero-order valence-electron chi connectivity index (χ0n) is 6.06. The maximum atomic E-state index is 9.27. The summed E-state index contributed by atoms with van der Waals surface area (Å²) in [5, 5.41) is 12.3. The summed E-state index contributed by atoms with van der Waals surface area (Å²) in [7, 11) is 1.69. The van der Waals surface area contributed by atoms with E-state index in [0.29, 0.717) is 11.4 Å². The summed E-state index contributed by atoms with van der Waals surface area (Å²) < 4.78 is 0. The monoisotopic (exact) mass is 172 g/mol. The zero-order chi connectivity index (χ0) is 8.43. The molecular formula is C7H9ClN2O. The highest BCUT2D eigenvalue weighted by Crippen LogP contribution is 2.33. The van der Waals surface area contributed by atoms with E-state index >= 15 is 0 Å². The van der Waals surface area contributed by atoms with Crippen LogP contribution in [0, 0.1) is 0 Å². The standard InChI is InChI=1S/C7H9ClN2O/c1-10-6-3-4(9)2-5(8)7(6)11/h2-3,10-11H,9H2,1H3. The molecule has 0 spiro atoms. The van der Waals surface area contributed by atoms with Crippen LogP contribution in [0.1, 0.15) is 0 Å². The van der Waals surface area contributed by atoms with Crippen LogP contribution in [0.4, 0.5) is 11.4 Å². The maximum absolute atomic E-state index is 9.27. The van der Waals surface area contributed by atoms with Crippen molar-refractivity contribution in [1.82, 2.24) is 0 Å². The van der Waals surface area contributed by atoms with Gasteiger partial charge in [-0.2, -0.15) is 0 Å². The van der Waals surface area contributed by atoms with E-state index in [1.807, 2.05) is 0 Å². The first-order valence-electron chi connectivity index (χ1n) is 3.11. The molecular weight excluding hydrogens is 164 g/mol. The van der Waals surface area contributed by atoms with Crippen molar-refractivity contribution in [2.75, 3.05) is 18.1 Å². The van der Waals surface area contributed by atoms with Gasteiger partial charge in [0.1, 0.15) is 0 Å². The molecule has 0 aliphatic heterocycles. The molecule has 0 fully saturated rings. The highest BCUT2D eigenvalue weighted by Gasteiger charge is 2.04. The zero-order valence-corrected chi connectivity index (χ0v) is 6.81. The molecule has 3 nitrogen and oxygen atoms in total. The lowest BCUT2D eigenvalue weighted by atomic mass is 10.2. The normalized spacial score (nSPS) is 9.64. The molecule has 1 rings (SSSR count). The van der Waals surface area contributed by atoms with Gasteiger partial charge in [0.05, 0.1) is 10.7 Å². The Balaban J connectivity index is 3.24. The minimum Gasteiger partial charge on any atom is -0.504 e. The van der Waals surface area contributed by atoms with Crippen LogP contribution in [0.5, 0.6) is 5.75 Å². The van der Waals surface area contributed by atoms with Crippen LogP contribution in [-0.4, -0.2) is 12.2 Å². The summed E-state index contributed by atoms with van der Waals surface area (Å²) in [5.74, 6) is 0.0309. The van der Waals surface area contributed by atoms with Gasteiger partial charge in [0.2, 0.25) is 0 Å². The second-order valence-electron chi connectivity index (χ2n) is 2.15. The molecule has 0 aromatic heterocycles. The molecule has 0 bridgehead atoms. The van der Waals surface area contributed by atoms with E-state index in [1.165, 1.54) is 6.07 Å². The fourth-order valence-corrected chi connectivity index (χ4v) is 1.04. The molecule has 0 radical (unpaired) electrons. The Kier molecular flexibility index (Phi) is 2.10. The first-order chi connectivity index (χ1) is 5.15. The molecule has 0 amide bonds. The average Bonchev–Trinajstić information content (AvgIpc) is 1.96. The van der Waals surface area contributed by atoms with Gasteiger partial charge in [0, 0.05) is 12.7 Å². The highest BCUT2D eigenvalue weighted by molar-refractivity contribution is 6.32. The number of phenolic OH excluding ortho intramolecular Hbond substituents is 1. The third-order valence-electron chi connectivity index (χ3n) is 1.36. The Bertz CT molecular complexity index is 275. The Morgan fingerprint density at radius 1 is 1.55 bits per heavy atom. The lowest BCUT2D eigenvalue weighted by molar-refractivity contribution is 0.478. The third kappa shape index (κ3) is 1.49. The quantitative estimate of drug-likeness (QED) is 0.343. The van der Waals surface area contributed by atoms with E-state index in [9.17, 15) is 5.11 Å². The predicted octanol–water partition coefficient (Wildman–Crippen LogP) is 1.67. The van der Waals surface area contributed by atoms with Gasteiger partial charge in [-0.1, -0.05) is 11.6 Å². The lowest BCUT2D eigenvalue weighted by Crippen LogP contribution is -1.92. The van der Waals surface area contributed by atoms with Crippen molar-refractivity contribution in [1.29, 1.82) is 0 Å². The SMILES string of the molecule is CNc1cc(N)cc(Cl)c1O. The largest absolute Gasteiger partial charge is 0.504 e. The molecule has 0 unspecified atom stereocenters. The van der Waals surface area contributed by atoms with Gasteiger partial charge in [-0.05, 0) is 12.1 Å². The smallest absolute Gasteiger partial charge is 0.157 e. The summed E-state index contributed by atoms with van der Waals surface area (Å²) in [6.45, 7) is 0. The van der Waals surface area contributed by atoms with Crippen molar-refractivity contribution in [2.45, 2.75) is 0 Å². The number of halogens is 1. The van der Waals surface area contributed by atoms with Crippen LogP contribution < -0.4 is 11.1 Å². The number of rotatable bonds is 1. The van der Waals surface area contributed by atoms with Gasteiger partial charge >= 0.3 is 0 Å². The van der Waals surface area contributed by atoms with Crippen molar-refractivity contribution >= 4 is 23.0 Å². The summed E-state index contributed by atoms with van der Waals surface area (Å²) in [6, 6.07) is 3.11. The van der Waals surface area contributed by atoms with Crippen LogP contribution in [0.2, 0.25) is 5.02 Å². The number of hydrogen-bond donors (Lipinski definition) is 3. The van der Waals surface area contributed by atoms with Gasteiger partial charge in [-0.3, -0.25) is 0 Å². The fourth-order valence-electron chi connectivity index (χ4n) is 0.811. The van der Waals surface area contributed by atoms with Crippen molar-refractivity contribution in [3.63, 3.8) is 0 Å². The minimum atomic E-state index is 0.0309. The molecule has 0 saturated carbocycles. The lowest BCUT2D eigenvalue weighted by Gasteiger charge is -2.05. The van der Waals surface area contributed by atoms with Crippen LogP contribution in [0.25, 0.3) is 0 Å². The van der Waals surface area contributed by atoms with E-state index in [0.717, 1.165) is 0 Å². The molecule has 1 aromatic rings. The molecule has 0 heterocycles. The molecule has 60 valence electrons. The second-order valence-corrected chi connectivity index (χ2v) is 2.56. The molecule has 11 heavy (non-hydrogen) atoms. The van der Waals surface area contributed by atoms with Crippen LogP contribution in [0.15, 0.2) is 12.1 Å². The number of aromatic hydroxyl groups is 1. The molecule has 0 aliphatic rings. The first-order valence-corrected chi connectivity index (χ1v) is 3.48. The number of nitrogens with two attached hydrogens (primary N) is 1. The predicted molar refractivity (Wildman–Crippen MR) is 47.1 cm³/mol. The van der Waals surface area contributed by atoms with Crippen molar-refractivity contribution in [2.24, 2.45) is 0 Å². The molecule has 0 aliphatic carbocycles. The van der Waals surface area contributed by atoms with Crippen molar-refractivity contribution < 1.29 is 5.11 Å². The number of nitrogen functional groups attached to an aromatic ring is 1. The second kappa shape index (κ2) is 2.88. The summed E-state index contributed by atoms with van der Waals surface area (Å²) >= 11 is 5.63. The number of phenols is 1. The Morgan fingerprint density at radius 2 is 2.18 bits per heavy atom. The number of benzene rings is 1. The molecule has 0 atom stereocenters. The Hall–Kier alpha value is -1.09. The van der Waals surface area contributed by atoms with Gasteiger partial charge in [0.25, 0.3) is 0 Å². The topological polar surface area (TPSA) is 58.3 Å². The summed E-state index contributed by atoms with van der Waals surface area (Å²) in [6.07, 6.45) is 0. The van der Waals surface area contributed by atoms with Gasteiger partial charge in [-0.15, -0.1) is 0 Å². The van der Waals surface area contributed by atoms with Crippen molar-refractivity contribution in [3.8, 4) is 5.75 Å². The molecule has 4 heteroatoms. The van der Waals surface area contributed by atoms with Crippen LogP contribution in [0.3, 0.4) is 0 Å². The summed E-state index contributed by atoms with van der Waals surface area (Å²) in [4.78, 5) is 0. The van der Waals surface area contributed by atoms with Crippen molar-refractivity contribution in [3.05, 3.63) is 17.2 Å². The van der Waals surface area contributed by atoms with Gasteiger partial charge < -0.3 is 16.2 Å². The van der Waals surface area contributed by atoms with Gasteiger partial charge in [0.15, 0.2) is 5.75 Å². The van der Waals surface area contributed by atoms with E-state index in [-0.39, 0.29) is 10.8 Å². The minimum absolute atomic E-state index is 0.0309. The average molecular weight is 173 g/mol. The molecule has 0 saturated heterocycles. The third-order valence-corrected chi connectivity index (χ3v) is 1.64. The number of hydrogen-bond acceptors (Lipinski definition) is 3. The fraction of sp³-hybridized carbons (Fsp3) is 0.143. The highest BCUT2D eigenvalue weighted by atomic mass is 35.5. The van der Waals surface area contributed by atoms with E-state index < -0.39 is 0 Å². The maximum Gasteiger partial charge on any atom is 0.157 e. The summed E-state index contributed by atoms with van der Waals surface area (Å²) in [5.41, 5.74) is 6.53. The van der Waals surface area contributed by atoms with E-state index in [1.54, 1.807) is 13.1 Å². The number of anilines is 2. The molecule has 4 N–H and O–H groups in total. The van der Waals surface area contributed by atoms with Crippen LogP contribution in [-0.2, 0) is 0 Å². The van der Waals surface area contributed by atoms with E-state index in [2.05, 4.69) is 5.32 Å². The Morgan fingerprint density at radius 3 is 2.73 bits per heavy atom. The van der Waals surface area contributed by atoms with Crippen LogP contribution >= 0.6 is 11.6 Å². The first kappa shape index (κ1) is 8.01. The van der Waals surface area contributed by atoms with Gasteiger partial charge in [-0.25, -0.2) is 0 Å². The van der Waals surface area contributed by atoms with E-state index in [4.69, 9.17) is 17.3 Å². The number of nitrogens with one attached hydrogen (secondary N) is 1.